The molecule has 1 aromatic heterocycles. The molecule has 7 heteroatoms. The van der Waals surface area contributed by atoms with Crippen molar-refractivity contribution in [1.29, 1.82) is 0 Å². The van der Waals surface area contributed by atoms with Gasteiger partial charge in [0.1, 0.15) is 0 Å². The van der Waals surface area contributed by atoms with E-state index in [1.165, 1.54) is 0 Å². The molecule has 1 aliphatic heterocycles. The Kier molecular flexibility index (Phi) is 6.09. The van der Waals surface area contributed by atoms with Crippen molar-refractivity contribution in [1.82, 2.24) is 9.88 Å². The molecule has 154 valence electrons. The molecular weight excluding hydrogens is 396 g/mol. The highest BCUT2D eigenvalue weighted by atomic mass is 32.1. The van der Waals surface area contributed by atoms with Gasteiger partial charge in [-0.2, -0.15) is 0 Å². The normalized spacial score (nSPS) is 16.2. The average molecular weight is 421 g/mol. The van der Waals surface area contributed by atoms with Gasteiger partial charge in [-0.25, -0.2) is 9.78 Å². The number of piperidine rings is 1. The lowest BCUT2D eigenvalue weighted by atomic mass is 9.97. The van der Waals surface area contributed by atoms with Crippen molar-refractivity contribution in [2.75, 3.05) is 23.7 Å². The second-order valence-electron chi connectivity index (χ2n) is 7.40. The number of hydrogen-bond acceptors (Lipinski definition) is 4. The van der Waals surface area contributed by atoms with Gasteiger partial charge in [0, 0.05) is 35.4 Å². The van der Waals surface area contributed by atoms with Gasteiger partial charge in [0.25, 0.3) is 0 Å². The summed E-state index contributed by atoms with van der Waals surface area (Å²) in [4.78, 5) is 31.5. The molecule has 0 unspecified atom stereocenters. The zero-order valence-electron chi connectivity index (χ0n) is 16.8. The first kappa shape index (κ1) is 20.1. The number of nitrogens with zero attached hydrogens (tertiary/aromatic N) is 2. The number of amides is 3. The van der Waals surface area contributed by atoms with E-state index in [-0.39, 0.29) is 17.9 Å². The number of aryl methyl sites for hydroxylation is 1. The molecule has 0 aliphatic carbocycles. The molecule has 4 rings (SSSR count). The molecule has 2 N–H and O–H groups in total. The maximum absolute atomic E-state index is 12.8. The van der Waals surface area contributed by atoms with E-state index >= 15 is 0 Å². The van der Waals surface area contributed by atoms with Gasteiger partial charge in [0.2, 0.25) is 5.91 Å². The molecular formula is C23H24N4O2S. The minimum absolute atomic E-state index is 0.0514. The van der Waals surface area contributed by atoms with E-state index in [9.17, 15) is 9.59 Å². The number of para-hydroxylation sites is 1. The van der Waals surface area contributed by atoms with E-state index in [0.29, 0.717) is 13.1 Å². The third-order valence-electron chi connectivity index (χ3n) is 5.17. The van der Waals surface area contributed by atoms with Crippen molar-refractivity contribution >= 4 is 34.6 Å². The first-order valence-corrected chi connectivity index (χ1v) is 10.9. The molecule has 0 saturated carbocycles. The topological polar surface area (TPSA) is 74.3 Å². The van der Waals surface area contributed by atoms with Crippen molar-refractivity contribution in [3.05, 3.63) is 65.0 Å². The highest BCUT2D eigenvalue weighted by molar-refractivity contribution is 7.09. The zero-order valence-corrected chi connectivity index (χ0v) is 17.6. The number of hydrogen-bond donors (Lipinski definition) is 2. The van der Waals surface area contributed by atoms with Crippen LogP contribution in [-0.4, -0.2) is 34.9 Å². The summed E-state index contributed by atoms with van der Waals surface area (Å²) in [7, 11) is 0. The van der Waals surface area contributed by atoms with Crippen LogP contribution < -0.4 is 10.6 Å². The highest BCUT2D eigenvalue weighted by Gasteiger charge is 2.28. The molecule has 1 fully saturated rings. The summed E-state index contributed by atoms with van der Waals surface area (Å²) in [5, 5.41) is 8.94. The average Bonchev–Trinajstić information content (AvgIpc) is 3.21. The Morgan fingerprint density at radius 3 is 2.47 bits per heavy atom. The third-order valence-corrected chi connectivity index (χ3v) is 5.95. The molecule has 30 heavy (non-hydrogen) atoms. The Hall–Kier alpha value is -3.19. The van der Waals surface area contributed by atoms with Gasteiger partial charge in [-0.3, -0.25) is 4.79 Å². The second-order valence-corrected chi connectivity index (χ2v) is 8.46. The lowest BCUT2D eigenvalue weighted by molar-refractivity contribution is -0.121. The summed E-state index contributed by atoms with van der Waals surface area (Å²) < 4.78 is 0. The number of thiazole rings is 1. The predicted molar refractivity (Wildman–Crippen MR) is 121 cm³/mol. The minimum Gasteiger partial charge on any atom is -0.326 e. The monoisotopic (exact) mass is 420 g/mol. The van der Waals surface area contributed by atoms with Gasteiger partial charge < -0.3 is 15.5 Å². The van der Waals surface area contributed by atoms with E-state index < -0.39 is 0 Å². The summed E-state index contributed by atoms with van der Waals surface area (Å²) >= 11 is 1.62. The van der Waals surface area contributed by atoms with Crippen LogP contribution in [0.3, 0.4) is 0 Å². The van der Waals surface area contributed by atoms with Gasteiger partial charge in [0.15, 0.2) is 0 Å². The van der Waals surface area contributed by atoms with Crippen LogP contribution in [-0.2, 0) is 4.79 Å². The standard InChI is InChI=1S/C23H24N4O2S/c1-16-24-21(15-30-16)17-9-11-20(12-10-17)25-22(28)18-6-5-13-27(14-18)23(29)26-19-7-3-2-4-8-19/h2-4,7-12,15,18H,5-6,13-14H2,1H3,(H,25,28)(H,26,29)/t18-/m1/s1. The number of carbonyl (C=O) groups is 2. The largest absolute Gasteiger partial charge is 0.326 e. The van der Waals surface area contributed by atoms with Gasteiger partial charge in [-0.1, -0.05) is 30.3 Å². The number of aromatic nitrogens is 1. The van der Waals surface area contributed by atoms with Crippen LogP contribution in [0.4, 0.5) is 16.2 Å². The number of urea groups is 1. The lowest BCUT2D eigenvalue weighted by Crippen LogP contribution is -2.45. The molecule has 0 bridgehead atoms. The van der Waals surface area contributed by atoms with Crippen molar-refractivity contribution in [2.24, 2.45) is 5.92 Å². The van der Waals surface area contributed by atoms with E-state index in [0.717, 1.165) is 40.5 Å². The molecule has 0 spiro atoms. The maximum atomic E-state index is 12.8. The first-order valence-electron chi connectivity index (χ1n) is 10.0. The van der Waals surface area contributed by atoms with Crippen LogP contribution in [0.5, 0.6) is 0 Å². The number of anilines is 2. The maximum Gasteiger partial charge on any atom is 0.321 e. The van der Waals surface area contributed by atoms with Crippen LogP contribution in [0.15, 0.2) is 60.0 Å². The van der Waals surface area contributed by atoms with Gasteiger partial charge in [0.05, 0.1) is 16.6 Å². The number of nitrogens with one attached hydrogen (secondary N) is 2. The van der Waals surface area contributed by atoms with Crippen LogP contribution in [0.25, 0.3) is 11.3 Å². The number of rotatable bonds is 4. The lowest BCUT2D eigenvalue weighted by Gasteiger charge is -2.32. The first-order chi connectivity index (χ1) is 14.6. The molecule has 1 saturated heterocycles. The number of benzene rings is 2. The number of carbonyl (C=O) groups excluding carboxylic acids is 2. The van der Waals surface area contributed by atoms with E-state index in [4.69, 9.17) is 0 Å². The quantitative estimate of drug-likeness (QED) is 0.624. The Balaban J connectivity index is 1.34. The Morgan fingerprint density at radius 1 is 1.03 bits per heavy atom. The van der Waals surface area contributed by atoms with Gasteiger partial charge >= 0.3 is 6.03 Å². The summed E-state index contributed by atoms with van der Waals surface area (Å²) in [5.41, 5.74) is 3.48. The minimum atomic E-state index is -0.221. The van der Waals surface area contributed by atoms with Crippen molar-refractivity contribution in [3.8, 4) is 11.3 Å². The smallest absolute Gasteiger partial charge is 0.321 e. The SMILES string of the molecule is Cc1nc(-c2ccc(NC(=O)[C@@H]3CCCN(C(=O)Nc4ccccc4)C3)cc2)cs1. The molecule has 3 amide bonds. The summed E-state index contributed by atoms with van der Waals surface area (Å²) in [5.74, 6) is -0.273. The molecule has 6 nitrogen and oxygen atoms in total. The predicted octanol–water partition coefficient (Wildman–Crippen LogP) is 5.00. The fourth-order valence-electron chi connectivity index (χ4n) is 3.56. The highest BCUT2D eigenvalue weighted by Crippen LogP contribution is 2.24. The molecule has 1 atom stereocenters. The fraction of sp³-hybridized carbons (Fsp3) is 0.261. The molecule has 0 radical (unpaired) electrons. The van der Waals surface area contributed by atoms with E-state index in [1.54, 1.807) is 16.2 Å². The van der Waals surface area contributed by atoms with E-state index in [1.807, 2.05) is 66.9 Å². The summed E-state index contributed by atoms with van der Waals surface area (Å²) in [6.07, 6.45) is 1.58. The van der Waals surface area contributed by atoms with Crippen molar-refractivity contribution in [3.63, 3.8) is 0 Å². The van der Waals surface area contributed by atoms with Crippen molar-refractivity contribution < 1.29 is 9.59 Å². The number of likely N-dealkylation sites (tertiary alicyclic amines) is 1. The zero-order chi connectivity index (χ0) is 20.9. The molecule has 2 aromatic carbocycles. The Morgan fingerprint density at radius 2 is 1.77 bits per heavy atom. The third kappa shape index (κ3) is 4.86. The van der Waals surface area contributed by atoms with Crippen LogP contribution >= 0.6 is 11.3 Å². The second kappa shape index (κ2) is 9.09. The summed E-state index contributed by atoms with van der Waals surface area (Å²) in [6, 6.07) is 16.9. The van der Waals surface area contributed by atoms with Crippen molar-refractivity contribution in [2.45, 2.75) is 19.8 Å². The van der Waals surface area contributed by atoms with E-state index in [2.05, 4.69) is 15.6 Å². The molecule has 3 aromatic rings. The Bertz CT molecular complexity index is 1020. The van der Waals surface area contributed by atoms with Crippen LogP contribution in [0, 0.1) is 12.8 Å². The Labute approximate surface area is 180 Å². The van der Waals surface area contributed by atoms with Crippen LogP contribution in [0.2, 0.25) is 0 Å². The molecule has 2 heterocycles. The van der Waals surface area contributed by atoms with Crippen LogP contribution in [0.1, 0.15) is 17.8 Å². The fourth-order valence-corrected chi connectivity index (χ4v) is 4.19. The summed E-state index contributed by atoms with van der Waals surface area (Å²) in [6.45, 7) is 3.06. The molecule has 1 aliphatic rings. The van der Waals surface area contributed by atoms with Gasteiger partial charge in [-0.15, -0.1) is 11.3 Å². The van der Waals surface area contributed by atoms with Gasteiger partial charge in [-0.05, 0) is 44.0 Å².